The second-order valence-electron chi connectivity index (χ2n) is 29.2. The number of hydrogen-bond acceptors (Lipinski definition) is 39. The summed E-state index contributed by atoms with van der Waals surface area (Å²) < 4.78 is 75.6. The lowest BCUT2D eigenvalue weighted by atomic mass is 9.97. The number of aliphatic hydroxyl groups excluding tert-OH is 12. The van der Waals surface area contributed by atoms with Gasteiger partial charge < -0.3 is 145 Å². The number of unbranched alkanes of at least 4 members (excludes halogenated alkanes) is 3. The molecule has 5 amide bonds. The lowest BCUT2D eigenvalue weighted by molar-refractivity contribution is -0.272. The van der Waals surface area contributed by atoms with Crippen LogP contribution in [-0.4, -0.2) is 408 Å². The van der Waals surface area contributed by atoms with Crippen LogP contribution in [0.1, 0.15) is 103 Å². The molecule has 8 heterocycles. The van der Waals surface area contributed by atoms with E-state index < -0.39 is 179 Å². The molecule has 21 atom stereocenters. The monoisotopic (exact) mass is 1720 g/mol. The molecule has 48 nitrogen and oxygen atoms in total. The van der Waals surface area contributed by atoms with Crippen LogP contribution >= 0.6 is 0 Å². The van der Waals surface area contributed by atoms with Crippen molar-refractivity contribution in [3.05, 3.63) is 47.6 Å². The van der Waals surface area contributed by atoms with Crippen molar-refractivity contribution in [1.82, 2.24) is 96.4 Å². The zero-order chi connectivity index (χ0) is 85.9. The lowest BCUT2D eigenvalue weighted by Gasteiger charge is -2.42. The van der Waals surface area contributed by atoms with Crippen LogP contribution in [0.25, 0.3) is 0 Å². The molecule has 8 rings (SSSR count). The van der Waals surface area contributed by atoms with Gasteiger partial charge in [0.2, 0.25) is 29.5 Å². The normalized spacial score (nSPS) is 27.3. The fourth-order valence-corrected chi connectivity index (χ4v) is 13.7. The third kappa shape index (κ3) is 31.6. The van der Waals surface area contributed by atoms with Crippen molar-refractivity contribution in [3.8, 4) is 0 Å². The summed E-state index contributed by atoms with van der Waals surface area (Å²) in [6.45, 7) is 7.84. The Hall–Kier alpha value is -7.13. The number of carbonyl (C=O) groups is 5. The van der Waals surface area contributed by atoms with Crippen LogP contribution in [0.4, 0.5) is 0 Å². The first kappa shape index (κ1) is 100.0. The maximum atomic E-state index is 14.9. The van der Waals surface area contributed by atoms with Gasteiger partial charge in [-0.05, 0) is 25.8 Å². The van der Waals surface area contributed by atoms with Crippen LogP contribution in [0.5, 0.6) is 0 Å². The van der Waals surface area contributed by atoms with E-state index in [1.165, 1.54) is 27.7 Å². The second-order valence-corrected chi connectivity index (χ2v) is 29.2. The summed E-state index contributed by atoms with van der Waals surface area (Å²) in [5.41, 5.74) is 2.19. The van der Waals surface area contributed by atoms with Gasteiger partial charge in [0.1, 0.15) is 97.4 Å². The summed E-state index contributed by atoms with van der Waals surface area (Å²) in [5, 5.41) is 172. The van der Waals surface area contributed by atoms with E-state index >= 15 is 0 Å². The molecule has 120 heavy (non-hydrogen) atoms. The predicted octanol–water partition coefficient (Wildman–Crippen LogP) is -8.85. The minimum absolute atomic E-state index is 0. The number of nitrogens with one attached hydrogen (secondary N) is 5. The van der Waals surface area contributed by atoms with Gasteiger partial charge in [0.05, 0.1) is 161 Å². The fourth-order valence-electron chi connectivity index (χ4n) is 13.7. The highest BCUT2D eigenvalue weighted by atomic mass is 16.7. The van der Waals surface area contributed by atoms with E-state index in [1.54, 1.807) is 43.5 Å². The molecule has 0 saturated carbocycles. The molecule has 4 saturated heterocycles. The zero-order valence-electron chi connectivity index (χ0n) is 67.6. The molecule has 4 fully saturated rings. The Morgan fingerprint density at radius 1 is 0.408 bits per heavy atom. The molecule has 4 aliphatic heterocycles. The van der Waals surface area contributed by atoms with E-state index in [-0.39, 0.29) is 145 Å². The van der Waals surface area contributed by atoms with Crippen LogP contribution in [0.3, 0.4) is 0 Å². The third-order valence-corrected chi connectivity index (χ3v) is 19.8. The topological polar surface area (TPSA) is 628 Å². The van der Waals surface area contributed by atoms with E-state index in [4.69, 9.17) is 56.8 Å². The first-order valence-electron chi connectivity index (χ1n) is 40.0. The molecular weight excluding hydrogens is 1590 g/mol. The molecule has 0 spiro atoms. The molecule has 17 N–H and O–H groups in total. The van der Waals surface area contributed by atoms with Gasteiger partial charge >= 0.3 is 0 Å². The summed E-state index contributed by atoms with van der Waals surface area (Å²) in [7, 11) is 0. The average Bonchev–Trinajstić information content (AvgIpc) is 1.06. The predicted molar refractivity (Wildman–Crippen MR) is 409 cm³/mol. The highest BCUT2D eigenvalue weighted by Gasteiger charge is 2.49. The smallest absolute Gasteiger partial charge is 0.237 e. The Labute approximate surface area is 693 Å². The van der Waals surface area contributed by atoms with Crippen molar-refractivity contribution >= 4 is 29.5 Å². The number of aromatic nitrogens is 12. The molecule has 0 aromatic carbocycles. The first-order chi connectivity index (χ1) is 57.3. The van der Waals surface area contributed by atoms with Gasteiger partial charge in [-0.2, -0.15) is 0 Å². The van der Waals surface area contributed by atoms with Crippen LogP contribution in [-0.2, 0) is 133 Å². The molecule has 48 heteroatoms. The molecule has 4 aromatic rings. The average molecular weight is 1720 g/mol. The van der Waals surface area contributed by atoms with Gasteiger partial charge in [0, 0.05) is 85.2 Å². The van der Waals surface area contributed by atoms with E-state index in [9.17, 15) is 85.3 Å². The SMILES string of the molecule is C.CCCCCNC(=O)[C@H](CCCCN(Cc1cn(CCOCCO[C@@H]2O[C@H](CO)[C@H](O)[C@H](O)[C@H]2NC(C)=O)nn1)Cc1cn(CCOCCO[C@@H]2O[C@H](CO)[C@H](O)[C@H](O)[C@H]2NC(C)=O)nn1)N(Cc1cn(CCOCCO[C@@H]2O[C@H](CO)[C@H](O)[C@H](O)[C@H]2NC(C)=O)nn1)Cc1cn(CCOCCO[C@@H]2O[C@H](CO)[C@H](O)[C@H](O)[C@H]2NC(C)=O)nn1. The van der Waals surface area contributed by atoms with Crippen molar-refractivity contribution in [1.29, 1.82) is 0 Å². The second kappa shape index (κ2) is 52.5. The largest absolute Gasteiger partial charge is 0.394 e. The van der Waals surface area contributed by atoms with Crippen LogP contribution in [0, 0.1) is 0 Å². The number of carbonyl (C=O) groups excluding carboxylic acids is 5. The van der Waals surface area contributed by atoms with Crippen molar-refractivity contribution in [2.75, 3.05) is 119 Å². The number of nitrogens with zero attached hydrogens (tertiary/aromatic N) is 14. The van der Waals surface area contributed by atoms with E-state index in [1.807, 2.05) is 4.90 Å². The maximum Gasteiger partial charge on any atom is 0.237 e. The van der Waals surface area contributed by atoms with Crippen molar-refractivity contribution in [2.45, 2.75) is 262 Å². The van der Waals surface area contributed by atoms with Gasteiger partial charge in [-0.1, -0.05) is 54.5 Å². The highest BCUT2D eigenvalue weighted by molar-refractivity contribution is 5.81. The quantitative estimate of drug-likeness (QED) is 0.0183. The lowest BCUT2D eigenvalue weighted by Crippen LogP contribution is -2.64. The Morgan fingerprint density at radius 2 is 0.700 bits per heavy atom. The fraction of sp³-hybridized carbons (Fsp3) is 0.819. The Morgan fingerprint density at radius 3 is 0.975 bits per heavy atom. The van der Waals surface area contributed by atoms with Crippen molar-refractivity contribution in [2.24, 2.45) is 0 Å². The first-order valence-corrected chi connectivity index (χ1v) is 40.0. The summed E-state index contributed by atoms with van der Waals surface area (Å²) >= 11 is 0. The van der Waals surface area contributed by atoms with Gasteiger partial charge in [-0.15, -0.1) is 20.4 Å². The molecule has 0 aliphatic carbocycles. The number of rotatable bonds is 55. The summed E-state index contributed by atoms with van der Waals surface area (Å²) in [6.07, 6.45) is -10.4. The Bertz CT molecular complexity index is 3390. The van der Waals surface area contributed by atoms with Gasteiger partial charge in [0.25, 0.3) is 0 Å². The van der Waals surface area contributed by atoms with Crippen LogP contribution in [0.15, 0.2) is 24.8 Å². The van der Waals surface area contributed by atoms with E-state index in [0.29, 0.717) is 55.1 Å². The number of aliphatic hydroxyl groups is 12. The number of amides is 5. The molecule has 0 bridgehead atoms. The van der Waals surface area contributed by atoms with Crippen LogP contribution < -0.4 is 26.6 Å². The minimum Gasteiger partial charge on any atom is -0.394 e. The molecule has 682 valence electrons. The van der Waals surface area contributed by atoms with Gasteiger partial charge in [-0.3, -0.25) is 33.8 Å². The number of hydrogen-bond donors (Lipinski definition) is 17. The van der Waals surface area contributed by atoms with Gasteiger partial charge in [0.15, 0.2) is 25.2 Å². The molecule has 0 unspecified atom stereocenters. The Balaban J connectivity index is 0.0000198. The maximum absolute atomic E-state index is 14.9. The standard InChI is InChI=1S/C71H121N19O29.CH4/c1-6-7-9-12-72-67(107)50(86(32-48-36-89(83-79-48)16-20-110-24-28-114-70-57(75-44(4)97)65(105)61(101)53(40-93)118-70)33-49-37-90(84-80-49)17-21-111-25-29-115-71-58(76-45(5)98)66(106)62(102)54(41-94)119-71)11-8-10-13-85(30-46-34-87(81-77-46)14-18-108-22-26-112-68-55(73-42(2)95)63(103)59(99)51(38-91)116-68)31-47-35-88(82-78-47)15-19-109-23-27-113-69-56(74-43(3)96)64(104)60(100)52(39-92)117-69;/h34-37,50-66,68-71,91-94,99-106H,6-33,38-41H2,1-5H3,(H,72,107)(H,73,95)(H,74,96)(H,75,97)(H,76,98);1H4/t50-,51+,52+,53+,54+,55+,56+,57+,58+,59-,60-,61-,62-,63+,64+,65+,66+,68+,69+,70+,71+;/m0./s1. The Kier molecular flexibility index (Phi) is 43.7. The number of ether oxygens (including phenoxy) is 12. The zero-order valence-corrected chi connectivity index (χ0v) is 67.6. The van der Waals surface area contributed by atoms with Crippen molar-refractivity contribution < 1.29 is 142 Å². The molecule has 4 aliphatic rings. The summed E-state index contributed by atoms with van der Waals surface area (Å²) in [4.78, 5) is 66.7. The van der Waals surface area contributed by atoms with E-state index in [2.05, 4.69) is 79.7 Å². The highest BCUT2D eigenvalue weighted by Crippen LogP contribution is 2.27. The molecule has 0 radical (unpaired) electrons. The molecule has 4 aromatic heterocycles. The third-order valence-electron chi connectivity index (χ3n) is 19.8. The van der Waals surface area contributed by atoms with Crippen molar-refractivity contribution in [3.63, 3.8) is 0 Å². The van der Waals surface area contributed by atoms with Gasteiger partial charge in [-0.25, -0.2) is 18.7 Å². The van der Waals surface area contributed by atoms with Crippen LogP contribution in [0.2, 0.25) is 0 Å². The summed E-state index contributed by atoms with van der Waals surface area (Å²) in [6, 6.07) is -5.28. The molecular formula is C72H125N19O29. The minimum atomic E-state index is -1.49. The summed E-state index contributed by atoms with van der Waals surface area (Å²) in [5.74, 6) is -2.23. The van der Waals surface area contributed by atoms with E-state index in [0.717, 1.165) is 19.3 Å².